The second kappa shape index (κ2) is 7.49. The van der Waals surface area contributed by atoms with Crippen LogP contribution in [0, 0.1) is 0 Å². The summed E-state index contributed by atoms with van der Waals surface area (Å²) in [7, 11) is 1.36. The number of fused-ring (bicyclic) bond motifs is 1. The molecule has 2 amide bonds. The maximum atomic E-state index is 12.6. The van der Waals surface area contributed by atoms with Crippen molar-refractivity contribution in [3.63, 3.8) is 0 Å². The van der Waals surface area contributed by atoms with Crippen LogP contribution >= 0.6 is 11.3 Å². The fourth-order valence-corrected chi connectivity index (χ4v) is 3.86. The van der Waals surface area contributed by atoms with Crippen LogP contribution in [0.2, 0.25) is 0 Å². The molecule has 1 aliphatic heterocycles. The molecule has 5 nitrogen and oxygen atoms in total. The first-order valence-corrected chi connectivity index (χ1v) is 8.81. The summed E-state index contributed by atoms with van der Waals surface area (Å²) in [6, 6.07) is 11.0. The fourth-order valence-electron chi connectivity index (χ4n) is 2.96. The summed E-state index contributed by atoms with van der Waals surface area (Å²) in [5, 5.41) is 4.87. The molecule has 24 heavy (non-hydrogen) atoms. The highest BCUT2D eigenvalue weighted by Gasteiger charge is 2.37. The molecule has 2 aromatic rings. The first kappa shape index (κ1) is 16.5. The summed E-state index contributed by atoms with van der Waals surface area (Å²) in [5.41, 5.74) is 2.05. The molecule has 0 fully saturated rings. The largest absolute Gasteiger partial charge is 0.467 e. The first-order valence-electron chi connectivity index (χ1n) is 7.93. The Morgan fingerprint density at radius 3 is 2.83 bits per heavy atom. The molecule has 0 saturated heterocycles. The van der Waals surface area contributed by atoms with Crippen LogP contribution in [0.1, 0.15) is 22.0 Å². The van der Waals surface area contributed by atoms with Crippen molar-refractivity contribution < 1.29 is 14.3 Å². The molecule has 1 aliphatic rings. The molecule has 6 heteroatoms. The molecule has 0 aliphatic carbocycles. The third kappa shape index (κ3) is 3.43. The minimum atomic E-state index is -0.651. The van der Waals surface area contributed by atoms with E-state index in [-0.39, 0.29) is 6.03 Å². The van der Waals surface area contributed by atoms with Crippen molar-refractivity contribution >= 4 is 23.3 Å². The first-order chi connectivity index (χ1) is 11.7. The molecule has 0 unspecified atom stereocenters. The highest BCUT2D eigenvalue weighted by Crippen LogP contribution is 2.34. The summed E-state index contributed by atoms with van der Waals surface area (Å²) in [4.78, 5) is 27.5. The lowest BCUT2D eigenvalue weighted by molar-refractivity contribution is -0.146. The quantitative estimate of drug-likeness (QED) is 0.868. The van der Waals surface area contributed by atoms with Gasteiger partial charge in [0.25, 0.3) is 0 Å². The average Bonchev–Trinajstić information content (AvgIpc) is 3.09. The van der Waals surface area contributed by atoms with E-state index in [1.807, 2.05) is 41.8 Å². The molecular weight excluding hydrogens is 324 g/mol. The van der Waals surface area contributed by atoms with Crippen LogP contribution in [-0.2, 0) is 22.4 Å². The van der Waals surface area contributed by atoms with Crippen molar-refractivity contribution in [2.45, 2.75) is 18.9 Å². The zero-order chi connectivity index (χ0) is 16.9. The number of thiophene rings is 1. The van der Waals surface area contributed by atoms with Gasteiger partial charge in [-0.15, -0.1) is 11.3 Å². The van der Waals surface area contributed by atoms with Gasteiger partial charge in [0.2, 0.25) is 0 Å². The number of carbonyl (C=O) groups excluding carboxylic acids is 2. The van der Waals surface area contributed by atoms with E-state index in [1.54, 1.807) is 16.2 Å². The molecule has 126 valence electrons. The third-order valence-electron chi connectivity index (χ3n) is 4.18. The zero-order valence-corrected chi connectivity index (χ0v) is 14.3. The number of rotatable bonds is 4. The van der Waals surface area contributed by atoms with Gasteiger partial charge in [-0.1, -0.05) is 30.3 Å². The van der Waals surface area contributed by atoms with E-state index in [9.17, 15) is 9.59 Å². The van der Waals surface area contributed by atoms with Gasteiger partial charge in [-0.2, -0.15) is 0 Å². The number of benzene rings is 1. The van der Waals surface area contributed by atoms with Gasteiger partial charge >= 0.3 is 12.0 Å². The van der Waals surface area contributed by atoms with Gasteiger partial charge < -0.3 is 15.0 Å². The molecule has 0 bridgehead atoms. The van der Waals surface area contributed by atoms with E-state index in [4.69, 9.17) is 4.74 Å². The summed E-state index contributed by atoms with van der Waals surface area (Å²) < 4.78 is 4.91. The zero-order valence-electron chi connectivity index (χ0n) is 13.5. The summed E-state index contributed by atoms with van der Waals surface area (Å²) in [5.74, 6) is -0.396. The highest BCUT2D eigenvalue weighted by atomic mass is 32.1. The Morgan fingerprint density at radius 2 is 2.08 bits per heavy atom. The monoisotopic (exact) mass is 344 g/mol. The maximum Gasteiger partial charge on any atom is 0.333 e. The molecular formula is C18H20N2O3S. The van der Waals surface area contributed by atoms with Crippen molar-refractivity contribution in [1.29, 1.82) is 0 Å². The van der Waals surface area contributed by atoms with Crippen LogP contribution in [0.4, 0.5) is 4.79 Å². The van der Waals surface area contributed by atoms with Gasteiger partial charge in [0.1, 0.15) is 0 Å². The van der Waals surface area contributed by atoms with Gasteiger partial charge in [-0.05, 0) is 35.4 Å². The Bertz CT molecular complexity index is 714. The second-order valence-corrected chi connectivity index (χ2v) is 6.64. The molecule has 1 aromatic heterocycles. The van der Waals surface area contributed by atoms with Gasteiger partial charge in [-0.25, -0.2) is 9.59 Å². The van der Waals surface area contributed by atoms with E-state index >= 15 is 0 Å². The number of esters is 1. The Morgan fingerprint density at radius 1 is 1.29 bits per heavy atom. The summed E-state index contributed by atoms with van der Waals surface area (Å²) >= 11 is 1.62. The summed E-state index contributed by atoms with van der Waals surface area (Å²) in [6.07, 6.45) is 1.53. The topological polar surface area (TPSA) is 58.6 Å². The number of urea groups is 1. The Labute approximate surface area is 145 Å². The van der Waals surface area contributed by atoms with Crippen molar-refractivity contribution in [2.75, 3.05) is 20.2 Å². The van der Waals surface area contributed by atoms with Gasteiger partial charge in [0.15, 0.2) is 6.04 Å². The molecule has 2 heterocycles. The van der Waals surface area contributed by atoms with Crippen LogP contribution < -0.4 is 5.32 Å². The van der Waals surface area contributed by atoms with Crippen molar-refractivity contribution in [1.82, 2.24) is 10.2 Å². The van der Waals surface area contributed by atoms with Crippen molar-refractivity contribution in [3.8, 4) is 0 Å². The number of methoxy groups -OCH3 is 1. The van der Waals surface area contributed by atoms with Crippen LogP contribution in [0.15, 0.2) is 41.8 Å². The standard InChI is InChI=1S/C18H20N2O3S/c1-23-17(21)16-14-9-12-24-15(14)8-11-20(16)18(22)19-10-7-13-5-3-2-4-6-13/h2-6,9,12,16H,7-8,10-11H2,1H3,(H,19,22)/t16-/m1/s1. The molecule has 0 saturated carbocycles. The summed E-state index contributed by atoms with van der Waals surface area (Å²) in [6.45, 7) is 1.05. The van der Waals surface area contributed by atoms with E-state index in [0.717, 1.165) is 23.3 Å². The van der Waals surface area contributed by atoms with Crippen LogP contribution in [0.5, 0.6) is 0 Å². The van der Waals surface area contributed by atoms with E-state index < -0.39 is 12.0 Å². The van der Waals surface area contributed by atoms with Crippen LogP contribution in [0.25, 0.3) is 0 Å². The predicted molar refractivity (Wildman–Crippen MR) is 93.0 cm³/mol. The van der Waals surface area contributed by atoms with Gasteiger partial charge in [0, 0.05) is 18.0 Å². The Balaban J connectivity index is 1.66. The number of amides is 2. The number of hydrogen-bond acceptors (Lipinski definition) is 4. The molecule has 1 aromatic carbocycles. The number of nitrogens with zero attached hydrogens (tertiary/aromatic N) is 1. The Hall–Kier alpha value is -2.34. The number of ether oxygens (including phenoxy) is 1. The second-order valence-electron chi connectivity index (χ2n) is 5.64. The fraction of sp³-hybridized carbons (Fsp3) is 0.333. The highest BCUT2D eigenvalue weighted by molar-refractivity contribution is 7.10. The molecule has 1 atom stereocenters. The normalized spacial score (nSPS) is 16.4. The molecule has 0 radical (unpaired) electrons. The molecule has 0 spiro atoms. The van der Waals surface area contributed by atoms with E-state index in [2.05, 4.69) is 5.32 Å². The predicted octanol–water partition coefficient (Wildman–Crippen LogP) is 2.77. The lowest BCUT2D eigenvalue weighted by Gasteiger charge is -2.33. The number of carbonyl (C=O) groups is 2. The minimum absolute atomic E-state index is 0.224. The lowest BCUT2D eigenvalue weighted by atomic mass is 10.0. The smallest absolute Gasteiger partial charge is 0.333 e. The van der Waals surface area contributed by atoms with Crippen molar-refractivity contribution in [2.24, 2.45) is 0 Å². The van der Waals surface area contributed by atoms with Gasteiger partial charge in [0.05, 0.1) is 7.11 Å². The number of nitrogens with one attached hydrogen (secondary N) is 1. The number of hydrogen-bond donors (Lipinski definition) is 1. The van der Waals surface area contributed by atoms with Crippen LogP contribution in [-0.4, -0.2) is 37.1 Å². The van der Waals surface area contributed by atoms with Crippen LogP contribution in [0.3, 0.4) is 0 Å². The SMILES string of the molecule is COC(=O)[C@H]1c2ccsc2CCN1C(=O)NCCc1ccccc1. The van der Waals surface area contributed by atoms with Gasteiger partial charge in [-0.3, -0.25) is 0 Å². The van der Waals surface area contributed by atoms with Crippen molar-refractivity contribution in [3.05, 3.63) is 57.8 Å². The maximum absolute atomic E-state index is 12.6. The lowest BCUT2D eigenvalue weighted by Crippen LogP contribution is -2.48. The average molecular weight is 344 g/mol. The van der Waals surface area contributed by atoms with E-state index in [0.29, 0.717) is 13.1 Å². The third-order valence-corrected chi connectivity index (χ3v) is 5.18. The Kier molecular flexibility index (Phi) is 5.15. The molecule has 1 N–H and O–H groups in total. The minimum Gasteiger partial charge on any atom is -0.467 e. The van der Waals surface area contributed by atoms with E-state index in [1.165, 1.54) is 12.7 Å². The molecule has 3 rings (SSSR count).